The van der Waals surface area contributed by atoms with Gasteiger partial charge in [0, 0.05) is 43.3 Å². The van der Waals surface area contributed by atoms with Crippen molar-refractivity contribution in [1.82, 2.24) is 4.90 Å². The first-order valence-electron chi connectivity index (χ1n) is 8.29. The SMILES string of the molecule is CCN(c1cc(Cl)cc(C(=O)OC)c1C)C1CCN(C(C)=O)CC1. The third-order valence-electron chi connectivity index (χ3n) is 4.75. The maximum absolute atomic E-state index is 12.0. The van der Waals surface area contributed by atoms with Crippen molar-refractivity contribution in [2.24, 2.45) is 0 Å². The number of esters is 1. The second-order valence-corrected chi connectivity index (χ2v) is 6.55. The molecule has 1 amide bonds. The standard InChI is InChI=1S/C18H25ClN2O3/c1-5-21(15-6-8-20(9-7-15)13(3)22)17-11-14(19)10-16(12(17)2)18(23)24-4/h10-11,15H,5-9H2,1-4H3. The van der Waals surface area contributed by atoms with Gasteiger partial charge in [-0.2, -0.15) is 0 Å². The predicted molar refractivity (Wildman–Crippen MR) is 95.8 cm³/mol. The third-order valence-corrected chi connectivity index (χ3v) is 4.97. The first kappa shape index (κ1) is 18.6. The first-order valence-corrected chi connectivity index (χ1v) is 8.67. The molecule has 2 rings (SSSR count). The van der Waals surface area contributed by atoms with Crippen LogP contribution in [0.2, 0.25) is 5.02 Å². The lowest BCUT2D eigenvalue weighted by atomic mass is 9.99. The van der Waals surface area contributed by atoms with Crippen molar-refractivity contribution < 1.29 is 14.3 Å². The number of nitrogens with zero attached hydrogens (tertiary/aromatic N) is 2. The summed E-state index contributed by atoms with van der Waals surface area (Å²) in [6.45, 7) is 7.97. The average Bonchev–Trinajstić information content (AvgIpc) is 2.58. The second kappa shape index (κ2) is 7.88. The Bertz CT molecular complexity index is 625. The van der Waals surface area contributed by atoms with Crippen molar-refractivity contribution in [3.8, 4) is 0 Å². The summed E-state index contributed by atoms with van der Waals surface area (Å²) in [5.74, 6) is -0.248. The number of hydrogen-bond donors (Lipinski definition) is 0. The molecule has 1 fully saturated rings. The topological polar surface area (TPSA) is 49.9 Å². The van der Waals surface area contributed by atoms with E-state index in [1.54, 1.807) is 13.0 Å². The normalized spacial score (nSPS) is 15.3. The summed E-state index contributed by atoms with van der Waals surface area (Å²) in [4.78, 5) is 27.7. The van der Waals surface area contributed by atoms with Crippen LogP contribution in [-0.2, 0) is 9.53 Å². The minimum Gasteiger partial charge on any atom is -0.465 e. The fourth-order valence-electron chi connectivity index (χ4n) is 3.40. The third kappa shape index (κ3) is 3.83. The van der Waals surface area contributed by atoms with Crippen LogP contribution in [0.1, 0.15) is 42.6 Å². The fraction of sp³-hybridized carbons (Fsp3) is 0.556. The summed E-state index contributed by atoms with van der Waals surface area (Å²) >= 11 is 6.24. The first-order chi connectivity index (χ1) is 11.4. The van der Waals surface area contributed by atoms with E-state index >= 15 is 0 Å². The number of anilines is 1. The highest BCUT2D eigenvalue weighted by molar-refractivity contribution is 6.31. The molecule has 1 aromatic rings. The molecule has 0 spiro atoms. The summed E-state index contributed by atoms with van der Waals surface area (Å²) < 4.78 is 4.87. The Kier molecular flexibility index (Phi) is 6.10. The lowest BCUT2D eigenvalue weighted by molar-refractivity contribution is -0.129. The van der Waals surface area contributed by atoms with Gasteiger partial charge in [0.2, 0.25) is 5.91 Å². The predicted octanol–water partition coefficient (Wildman–Crippen LogP) is 3.27. The van der Waals surface area contributed by atoms with Crippen LogP contribution in [0, 0.1) is 6.92 Å². The van der Waals surface area contributed by atoms with E-state index in [0.29, 0.717) is 16.6 Å². The second-order valence-electron chi connectivity index (χ2n) is 6.11. The van der Waals surface area contributed by atoms with Crippen molar-refractivity contribution in [3.05, 3.63) is 28.3 Å². The quantitative estimate of drug-likeness (QED) is 0.780. The molecule has 1 aromatic carbocycles. The molecule has 24 heavy (non-hydrogen) atoms. The van der Waals surface area contributed by atoms with Crippen LogP contribution in [0.25, 0.3) is 0 Å². The Morgan fingerprint density at radius 3 is 2.46 bits per heavy atom. The van der Waals surface area contributed by atoms with Crippen molar-refractivity contribution >= 4 is 29.2 Å². The van der Waals surface area contributed by atoms with E-state index in [2.05, 4.69) is 11.8 Å². The van der Waals surface area contributed by atoms with Gasteiger partial charge in [-0.3, -0.25) is 4.79 Å². The molecule has 0 N–H and O–H groups in total. The molecule has 132 valence electrons. The van der Waals surface area contributed by atoms with E-state index < -0.39 is 0 Å². The largest absolute Gasteiger partial charge is 0.465 e. The molecule has 0 aliphatic carbocycles. The summed E-state index contributed by atoms with van der Waals surface area (Å²) in [6, 6.07) is 3.89. The zero-order valence-electron chi connectivity index (χ0n) is 14.8. The zero-order valence-corrected chi connectivity index (χ0v) is 15.5. The molecule has 1 heterocycles. The molecule has 1 aliphatic rings. The van der Waals surface area contributed by atoms with Gasteiger partial charge in [0.25, 0.3) is 0 Å². The summed E-state index contributed by atoms with van der Waals surface area (Å²) in [5.41, 5.74) is 2.34. The number of methoxy groups -OCH3 is 1. The number of carbonyl (C=O) groups excluding carboxylic acids is 2. The number of piperidine rings is 1. The molecule has 0 unspecified atom stereocenters. The summed E-state index contributed by atoms with van der Waals surface area (Å²) in [6.07, 6.45) is 1.82. The minimum absolute atomic E-state index is 0.128. The van der Waals surface area contributed by atoms with Crippen LogP contribution in [0.4, 0.5) is 5.69 Å². The van der Waals surface area contributed by atoms with Gasteiger partial charge < -0.3 is 14.5 Å². The highest BCUT2D eigenvalue weighted by Gasteiger charge is 2.27. The lowest BCUT2D eigenvalue weighted by Crippen LogP contribution is -2.46. The molecular weight excluding hydrogens is 328 g/mol. The number of amides is 1. The summed E-state index contributed by atoms with van der Waals surface area (Å²) in [5, 5.41) is 0.524. The molecule has 1 saturated heterocycles. The zero-order chi connectivity index (χ0) is 17.9. The average molecular weight is 353 g/mol. The number of carbonyl (C=O) groups is 2. The van der Waals surface area contributed by atoms with Crippen LogP contribution < -0.4 is 4.90 Å². The van der Waals surface area contributed by atoms with Gasteiger partial charge in [0.05, 0.1) is 12.7 Å². The highest BCUT2D eigenvalue weighted by atomic mass is 35.5. The van der Waals surface area contributed by atoms with Crippen LogP contribution in [0.15, 0.2) is 12.1 Å². The Morgan fingerprint density at radius 1 is 1.33 bits per heavy atom. The molecule has 0 aromatic heterocycles. The van der Waals surface area contributed by atoms with Crippen molar-refractivity contribution in [3.63, 3.8) is 0 Å². The van der Waals surface area contributed by atoms with Gasteiger partial charge in [-0.05, 0) is 44.4 Å². The molecule has 1 aliphatic heterocycles. The minimum atomic E-state index is -0.376. The smallest absolute Gasteiger partial charge is 0.338 e. The van der Waals surface area contributed by atoms with Crippen LogP contribution in [0.5, 0.6) is 0 Å². The molecule has 0 radical (unpaired) electrons. The van der Waals surface area contributed by atoms with E-state index in [1.165, 1.54) is 7.11 Å². The molecule has 0 atom stereocenters. The molecule has 0 saturated carbocycles. The Morgan fingerprint density at radius 2 is 1.96 bits per heavy atom. The van der Waals surface area contributed by atoms with Gasteiger partial charge >= 0.3 is 5.97 Å². The Balaban J connectivity index is 2.30. The number of rotatable bonds is 4. The van der Waals surface area contributed by atoms with E-state index in [4.69, 9.17) is 16.3 Å². The number of likely N-dealkylation sites (tertiary alicyclic amines) is 1. The fourth-order valence-corrected chi connectivity index (χ4v) is 3.62. The summed E-state index contributed by atoms with van der Waals surface area (Å²) in [7, 11) is 1.37. The van der Waals surface area contributed by atoms with Crippen molar-refractivity contribution in [1.29, 1.82) is 0 Å². The highest BCUT2D eigenvalue weighted by Crippen LogP contribution is 2.32. The molecule has 0 bridgehead atoms. The number of benzene rings is 1. The monoisotopic (exact) mass is 352 g/mol. The van der Waals surface area contributed by atoms with E-state index in [-0.39, 0.29) is 11.9 Å². The lowest BCUT2D eigenvalue weighted by Gasteiger charge is -2.40. The molecular formula is C18H25ClN2O3. The molecule has 6 heteroatoms. The van der Waals surface area contributed by atoms with Crippen molar-refractivity contribution in [2.75, 3.05) is 31.6 Å². The van der Waals surface area contributed by atoms with Crippen LogP contribution >= 0.6 is 11.6 Å². The maximum atomic E-state index is 12.0. The van der Waals surface area contributed by atoms with E-state index in [1.807, 2.05) is 17.9 Å². The van der Waals surface area contributed by atoms with Gasteiger partial charge in [0.1, 0.15) is 0 Å². The van der Waals surface area contributed by atoms with Crippen molar-refractivity contribution in [2.45, 2.75) is 39.7 Å². The van der Waals surface area contributed by atoms with Crippen LogP contribution in [-0.4, -0.2) is 49.6 Å². The Hall–Kier alpha value is -1.75. The maximum Gasteiger partial charge on any atom is 0.338 e. The van der Waals surface area contributed by atoms with E-state index in [0.717, 1.165) is 43.7 Å². The van der Waals surface area contributed by atoms with E-state index in [9.17, 15) is 9.59 Å². The number of halogens is 1. The molecule has 5 nitrogen and oxygen atoms in total. The van der Waals surface area contributed by atoms with Gasteiger partial charge in [0.15, 0.2) is 0 Å². The Labute approximate surface area is 148 Å². The number of ether oxygens (including phenoxy) is 1. The van der Waals surface area contributed by atoms with Gasteiger partial charge in [-0.25, -0.2) is 4.79 Å². The van der Waals surface area contributed by atoms with Gasteiger partial charge in [-0.15, -0.1) is 0 Å². The van der Waals surface area contributed by atoms with Crippen LogP contribution in [0.3, 0.4) is 0 Å². The van der Waals surface area contributed by atoms with Gasteiger partial charge in [-0.1, -0.05) is 11.6 Å². The number of hydrogen-bond acceptors (Lipinski definition) is 4.